The Balaban J connectivity index is 1.47. The first-order valence-corrected chi connectivity index (χ1v) is 13.3. The number of carbonyl (C=O) groups excluding carboxylic acids is 1. The van der Waals surface area contributed by atoms with Crippen LogP contribution in [0.4, 0.5) is 19.1 Å². The summed E-state index contributed by atoms with van der Waals surface area (Å²) in [5.41, 5.74) is -0.279. The Morgan fingerprint density at radius 2 is 1.79 bits per heavy atom. The van der Waals surface area contributed by atoms with Crippen molar-refractivity contribution in [3.63, 3.8) is 0 Å². The second kappa shape index (κ2) is 11.8. The van der Waals surface area contributed by atoms with Gasteiger partial charge in [-0.25, -0.2) is 23.1 Å². The average Bonchev–Trinajstić information content (AvgIpc) is 2.96. The number of carbonyl (C=O) groups is 1. The van der Waals surface area contributed by atoms with E-state index in [4.69, 9.17) is 16.3 Å². The first-order valence-electron chi connectivity index (χ1n) is 12.9. The summed E-state index contributed by atoms with van der Waals surface area (Å²) in [6, 6.07) is 3.59. The van der Waals surface area contributed by atoms with Crippen molar-refractivity contribution in [3.8, 4) is 22.8 Å². The molecule has 0 aromatic carbocycles. The Kier molecular flexibility index (Phi) is 8.12. The van der Waals surface area contributed by atoms with Crippen molar-refractivity contribution in [2.75, 3.05) is 31.1 Å². The highest BCUT2D eigenvalue weighted by atomic mass is 35.5. The molecular weight excluding hydrogens is 575 g/mol. The molecule has 1 saturated heterocycles. The first kappa shape index (κ1) is 29.0. The third kappa shape index (κ3) is 5.64. The van der Waals surface area contributed by atoms with Crippen molar-refractivity contribution in [2.45, 2.75) is 27.4 Å². The molecule has 0 bridgehead atoms. The van der Waals surface area contributed by atoms with Crippen LogP contribution in [0.15, 0.2) is 41.6 Å². The number of piperazine rings is 1. The summed E-state index contributed by atoms with van der Waals surface area (Å²) in [6.07, 6.45) is 3.76. The summed E-state index contributed by atoms with van der Waals surface area (Å²) in [6.45, 7) is 6.33. The zero-order valence-electron chi connectivity index (χ0n) is 22.9. The van der Waals surface area contributed by atoms with Gasteiger partial charge in [-0.15, -0.1) is 0 Å². The number of amides is 1. The smallest absolute Gasteiger partial charge is 0.278 e. The number of rotatable bonds is 6. The highest BCUT2D eigenvalue weighted by molar-refractivity contribution is 6.31. The zero-order chi connectivity index (χ0) is 30.1. The maximum atomic E-state index is 16.2. The molecule has 0 spiro atoms. The molecule has 0 radical (unpaired) electrons. The van der Waals surface area contributed by atoms with Crippen LogP contribution in [0.5, 0.6) is 5.75 Å². The lowest BCUT2D eigenvalue weighted by Gasteiger charge is -2.34. The Morgan fingerprint density at radius 3 is 2.48 bits per heavy atom. The summed E-state index contributed by atoms with van der Waals surface area (Å²) in [4.78, 5) is 45.4. The summed E-state index contributed by atoms with van der Waals surface area (Å²) < 4.78 is 49.9. The average molecular weight is 600 g/mol. The fraction of sp³-hybridized carbons (Fsp3) is 0.286. The Morgan fingerprint density at radius 1 is 1.05 bits per heavy atom. The van der Waals surface area contributed by atoms with Gasteiger partial charge in [0.15, 0.2) is 11.6 Å². The van der Waals surface area contributed by atoms with Crippen LogP contribution in [-0.2, 0) is 11.4 Å². The van der Waals surface area contributed by atoms with E-state index in [2.05, 4.69) is 19.9 Å². The lowest BCUT2D eigenvalue weighted by Crippen LogP contribution is -2.48. The van der Waals surface area contributed by atoms with Crippen LogP contribution in [-0.4, -0.2) is 61.5 Å². The minimum atomic E-state index is -0.913. The number of aromatic nitrogens is 5. The van der Waals surface area contributed by atoms with Crippen LogP contribution in [0.1, 0.15) is 23.9 Å². The van der Waals surface area contributed by atoms with Gasteiger partial charge >= 0.3 is 0 Å². The molecule has 42 heavy (non-hydrogen) atoms. The summed E-state index contributed by atoms with van der Waals surface area (Å²) in [7, 11) is 0. The normalized spacial score (nSPS) is 13.4. The predicted octanol–water partition coefficient (Wildman–Crippen LogP) is 4.02. The number of halogens is 4. The molecule has 5 heterocycles. The van der Waals surface area contributed by atoms with Gasteiger partial charge in [-0.1, -0.05) is 11.6 Å². The highest BCUT2D eigenvalue weighted by Crippen LogP contribution is 2.30. The lowest BCUT2D eigenvalue weighted by molar-refractivity contribution is -0.129. The first-order chi connectivity index (χ1) is 20.0. The molecule has 4 aromatic rings. The zero-order valence-corrected chi connectivity index (χ0v) is 23.6. The van der Waals surface area contributed by atoms with Crippen molar-refractivity contribution in [1.29, 1.82) is 0 Å². The van der Waals surface area contributed by atoms with E-state index in [0.29, 0.717) is 43.8 Å². The molecule has 5 rings (SSSR count). The van der Waals surface area contributed by atoms with Crippen molar-refractivity contribution >= 4 is 23.5 Å². The topological polar surface area (TPSA) is 106 Å². The van der Waals surface area contributed by atoms with Crippen LogP contribution in [0.3, 0.4) is 0 Å². The molecule has 0 unspecified atom stereocenters. The maximum absolute atomic E-state index is 16.2. The van der Waals surface area contributed by atoms with Crippen molar-refractivity contribution < 1.29 is 22.7 Å². The third-order valence-corrected chi connectivity index (χ3v) is 7.19. The molecule has 0 saturated carbocycles. The van der Waals surface area contributed by atoms with E-state index >= 15 is 4.39 Å². The van der Waals surface area contributed by atoms with Crippen LogP contribution < -0.4 is 15.2 Å². The molecule has 10 nitrogen and oxygen atoms in total. The number of nitrogens with zero attached hydrogens (tertiary/aromatic N) is 7. The molecule has 1 amide bonds. The SMILES string of the molecule is CC(=O)N1CCN(c2nccc(-c3ncc(C)c(-n4c(C)cc(OCc5ncc(F)cc5F)c(Cl)c4=O)c3F)n2)CC1. The van der Waals surface area contributed by atoms with Crippen LogP contribution in [0.2, 0.25) is 5.02 Å². The highest BCUT2D eigenvalue weighted by Gasteiger charge is 2.24. The minimum absolute atomic E-state index is 0.00760. The van der Waals surface area contributed by atoms with Gasteiger partial charge in [-0.3, -0.25) is 24.1 Å². The summed E-state index contributed by atoms with van der Waals surface area (Å²) >= 11 is 6.33. The van der Waals surface area contributed by atoms with Gasteiger partial charge in [0.05, 0.1) is 17.6 Å². The summed E-state index contributed by atoms with van der Waals surface area (Å²) in [5.74, 6) is -2.26. The van der Waals surface area contributed by atoms with Crippen LogP contribution >= 0.6 is 11.6 Å². The number of hydrogen-bond donors (Lipinski definition) is 0. The van der Waals surface area contributed by atoms with E-state index < -0.39 is 29.6 Å². The number of ether oxygens (including phenoxy) is 1. The Labute approximate surface area is 243 Å². The van der Waals surface area contributed by atoms with Gasteiger partial charge in [0.1, 0.15) is 34.6 Å². The van der Waals surface area contributed by atoms with Gasteiger partial charge in [-0.05, 0) is 25.5 Å². The fourth-order valence-electron chi connectivity index (χ4n) is 4.63. The quantitative estimate of drug-likeness (QED) is 0.327. The van der Waals surface area contributed by atoms with Crippen LogP contribution in [0, 0.1) is 31.3 Å². The lowest BCUT2D eigenvalue weighted by atomic mass is 10.1. The standard InChI is InChI=1S/C28H25ClF3N7O3/c1-15-12-35-25(20-4-5-33-28(36-20)38-8-6-37(7-9-38)17(3)40)24(32)26(15)39-16(2)10-22(23(29)27(39)41)42-14-21-19(31)11-18(30)13-34-21/h4-5,10-13H,6-9,14H2,1-3H3. The number of anilines is 1. The fourth-order valence-corrected chi connectivity index (χ4v) is 4.82. The van der Waals surface area contributed by atoms with E-state index in [1.807, 2.05) is 4.90 Å². The Hall–Kier alpha value is -4.52. The summed E-state index contributed by atoms with van der Waals surface area (Å²) in [5, 5.41) is -0.366. The number of pyridine rings is 3. The maximum Gasteiger partial charge on any atom is 0.278 e. The molecule has 0 N–H and O–H groups in total. The Bertz CT molecular complexity index is 1740. The van der Waals surface area contributed by atoms with E-state index in [1.54, 1.807) is 18.7 Å². The molecule has 1 fully saturated rings. The van der Waals surface area contributed by atoms with E-state index in [0.717, 1.165) is 10.8 Å². The van der Waals surface area contributed by atoms with Crippen molar-refractivity contribution in [3.05, 3.63) is 86.6 Å². The molecule has 0 atom stereocenters. The molecule has 4 aromatic heterocycles. The molecule has 1 aliphatic heterocycles. The number of aryl methyl sites for hydroxylation is 2. The van der Waals surface area contributed by atoms with E-state index in [-0.39, 0.29) is 45.1 Å². The molecular formula is C28H25ClF3N7O3. The van der Waals surface area contributed by atoms with Gasteiger partial charge < -0.3 is 14.5 Å². The van der Waals surface area contributed by atoms with Gasteiger partial charge in [-0.2, -0.15) is 0 Å². The van der Waals surface area contributed by atoms with Crippen molar-refractivity contribution in [2.24, 2.45) is 0 Å². The van der Waals surface area contributed by atoms with Gasteiger partial charge in [0.2, 0.25) is 11.9 Å². The minimum Gasteiger partial charge on any atom is -0.485 e. The van der Waals surface area contributed by atoms with E-state index in [9.17, 15) is 18.4 Å². The van der Waals surface area contributed by atoms with Crippen LogP contribution in [0.25, 0.3) is 17.1 Å². The van der Waals surface area contributed by atoms with E-state index in [1.165, 1.54) is 31.5 Å². The molecule has 0 aliphatic carbocycles. The second-order valence-corrected chi connectivity index (χ2v) is 10.0. The number of hydrogen-bond acceptors (Lipinski definition) is 8. The molecule has 14 heteroatoms. The largest absolute Gasteiger partial charge is 0.485 e. The van der Waals surface area contributed by atoms with Gasteiger partial charge in [0.25, 0.3) is 5.56 Å². The molecule has 1 aliphatic rings. The molecule has 218 valence electrons. The van der Waals surface area contributed by atoms with Gasteiger partial charge in [0, 0.05) is 63.3 Å². The predicted molar refractivity (Wildman–Crippen MR) is 148 cm³/mol. The third-order valence-electron chi connectivity index (χ3n) is 6.84. The van der Waals surface area contributed by atoms with Crippen molar-refractivity contribution in [1.82, 2.24) is 29.4 Å². The second-order valence-electron chi connectivity index (χ2n) is 9.66. The monoisotopic (exact) mass is 599 g/mol.